The topological polar surface area (TPSA) is 35.2 Å². The van der Waals surface area contributed by atoms with E-state index in [1.54, 1.807) is 0 Å². The number of rotatable bonds is 3. The van der Waals surface area contributed by atoms with Gasteiger partial charge in [-0.25, -0.2) is 0 Å². The van der Waals surface area contributed by atoms with Crippen molar-refractivity contribution in [1.29, 1.82) is 0 Å². The Balaban J connectivity index is 3.04. The Morgan fingerprint density at radius 2 is 1.88 bits per heavy atom. The van der Waals surface area contributed by atoms with E-state index in [0.29, 0.717) is 6.61 Å². The second-order valence-corrected chi connectivity index (χ2v) is 7.43. The van der Waals surface area contributed by atoms with Crippen molar-refractivity contribution in [2.24, 2.45) is 0 Å². The summed E-state index contributed by atoms with van der Waals surface area (Å²) < 4.78 is 5.76. The molecule has 2 nitrogen and oxygen atoms in total. The number of nitrogen functional groups attached to an aromatic ring is 1. The van der Waals surface area contributed by atoms with Crippen LogP contribution >= 0.6 is 0 Å². The van der Waals surface area contributed by atoms with Gasteiger partial charge in [0.1, 0.15) is 0 Å². The zero-order valence-electron chi connectivity index (χ0n) is 10.9. The van der Waals surface area contributed by atoms with Crippen molar-refractivity contribution in [2.75, 3.05) is 5.73 Å². The molecule has 0 atom stereocenters. The van der Waals surface area contributed by atoms with E-state index in [1.807, 2.05) is 12.1 Å². The molecule has 0 fully saturated rings. The van der Waals surface area contributed by atoms with Gasteiger partial charge in [-0.15, -0.1) is 0 Å². The summed E-state index contributed by atoms with van der Waals surface area (Å²) in [6.07, 6.45) is 0. The highest BCUT2D eigenvalue weighted by atomic mass is 28.3. The quantitative estimate of drug-likeness (QED) is 0.645. The van der Waals surface area contributed by atoms with E-state index in [-0.39, 0.29) is 5.41 Å². The normalized spacial score (nSPS) is 12.1. The molecule has 1 radical (unpaired) electrons. The fraction of sp³-hybridized carbons (Fsp3) is 0.538. The minimum absolute atomic E-state index is 0.0679. The van der Waals surface area contributed by atoms with Crippen molar-refractivity contribution in [1.82, 2.24) is 0 Å². The number of hydrogen-bond acceptors (Lipinski definition) is 2. The maximum absolute atomic E-state index is 6.07. The molecule has 2 N–H and O–H groups in total. The molecule has 0 heterocycles. The number of anilines is 1. The van der Waals surface area contributed by atoms with Gasteiger partial charge in [-0.05, 0) is 35.7 Å². The number of hydrogen-bond donors (Lipinski definition) is 1. The second kappa shape index (κ2) is 5.02. The van der Waals surface area contributed by atoms with Gasteiger partial charge in [-0.2, -0.15) is 0 Å². The van der Waals surface area contributed by atoms with E-state index in [4.69, 9.17) is 10.2 Å². The summed E-state index contributed by atoms with van der Waals surface area (Å²) in [4.78, 5) is 0. The van der Waals surface area contributed by atoms with Gasteiger partial charge in [0, 0.05) is 5.69 Å². The van der Waals surface area contributed by atoms with E-state index < -0.39 is 9.04 Å². The summed E-state index contributed by atoms with van der Waals surface area (Å²) in [6, 6.07) is 6.08. The van der Waals surface area contributed by atoms with Gasteiger partial charge in [-0.1, -0.05) is 32.9 Å². The lowest BCUT2D eigenvalue weighted by atomic mass is 9.83. The van der Waals surface area contributed by atoms with E-state index in [1.165, 1.54) is 11.1 Å². The van der Waals surface area contributed by atoms with E-state index in [2.05, 4.69) is 39.9 Å². The maximum Gasteiger partial charge on any atom is 0.205 e. The van der Waals surface area contributed by atoms with Gasteiger partial charge in [-0.3, -0.25) is 0 Å². The van der Waals surface area contributed by atoms with Crippen molar-refractivity contribution < 1.29 is 4.43 Å². The maximum atomic E-state index is 6.07. The van der Waals surface area contributed by atoms with Crippen LogP contribution in [-0.4, -0.2) is 9.04 Å². The largest absolute Gasteiger partial charge is 0.413 e. The monoisotopic (exact) mass is 236 g/mol. The van der Waals surface area contributed by atoms with Crippen molar-refractivity contribution in [3.63, 3.8) is 0 Å². The van der Waals surface area contributed by atoms with Gasteiger partial charge >= 0.3 is 0 Å². The van der Waals surface area contributed by atoms with Crippen LogP contribution in [0.4, 0.5) is 5.69 Å². The van der Waals surface area contributed by atoms with Gasteiger partial charge in [0.2, 0.25) is 9.04 Å². The van der Waals surface area contributed by atoms with Crippen LogP contribution in [0.2, 0.25) is 13.1 Å². The Morgan fingerprint density at radius 1 is 1.25 bits per heavy atom. The molecule has 1 rings (SSSR count). The third kappa shape index (κ3) is 3.35. The molecule has 0 aliphatic heterocycles. The van der Waals surface area contributed by atoms with E-state index >= 15 is 0 Å². The molecule has 16 heavy (non-hydrogen) atoms. The fourth-order valence-corrected chi connectivity index (χ4v) is 2.32. The SMILES string of the molecule is C[Si](C)OCc1cccc(N)c1C(C)(C)C. The Morgan fingerprint density at radius 3 is 2.38 bits per heavy atom. The molecule has 1 aromatic rings. The highest BCUT2D eigenvalue weighted by molar-refractivity contribution is 6.48. The molecule has 3 heteroatoms. The minimum atomic E-state index is -0.647. The summed E-state index contributed by atoms with van der Waals surface area (Å²) in [6.45, 7) is 11.5. The summed E-state index contributed by atoms with van der Waals surface area (Å²) in [5.41, 5.74) is 9.45. The molecule has 0 amide bonds. The van der Waals surface area contributed by atoms with Gasteiger partial charge in [0.25, 0.3) is 0 Å². The van der Waals surface area contributed by atoms with E-state index in [9.17, 15) is 0 Å². The molecule has 0 aliphatic carbocycles. The van der Waals surface area contributed by atoms with Crippen LogP contribution in [0.25, 0.3) is 0 Å². The van der Waals surface area contributed by atoms with Gasteiger partial charge < -0.3 is 10.2 Å². The Hall–Kier alpha value is -0.803. The van der Waals surface area contributed by atoms with Gasteiger partial charge in [0.05, 0.1) is 6.61 Å². The molecule has 1 aromatic carbocycles. The Bertz CT molecular complexity index is 355. The average molecular weight is 236 g/mol. The first-order chi connectivity index (χ1) is 7.32. The van der Waals surface area contributed by atoms with Crippen LogP contribution in [0.1, 0.15) is 31.9 Å². The van der Waals surface area contributed by atoms with Crippen LogP contribution in [0.5, 0.6) is 0 Å². The molecule has 0 unspecified atom stereocenters. The summed E-state index contributed by atoms with van der Waals surface area (Å²) >= 11 is 0. The molecular formula is C13H22NOSi. The fourth-order valence-electron chi connectivity index (χ4n) is 1.88. The van der Waals surface area contributed by atoms with Crippen molar-refractivity contribution >= 4 is 14.7 Å². The lowest BCUT2D eigenvalue weighted by Crippen LogP contribution is -2.18. The van der Waals surface area contributed by atoms with E-state index in [0.717, 1.165) is 5.69 Å². The molecule has 0 aliphatic rings. The Kier molecular flexibility index (Phi) is 4.16. The Labute approximate surface area is 101 Å². The van der Waals surface area contributed by atoms with Crippen LogP contribution in [0.3, 0.4) is 0 Å². The molecule has 0 aromatic heterocycles. The van der Waals surface area contributed by atoms with Crippen LogP contribution in [0.15, 0.2) is 18.2 Å². The second-order valence-electron chi connectivity index (χ2n) is 5.33. The lowest BCUT2D eigenvalue weighted by molar-refractivity contribution is 0.311. The summed E-state index contributed by atoms with van der Waals surface area (Å²) in [7, 11) is -0.647. The molecule has 0 spiro atoms. The highest BCUT2D eigenvalue weighted by Crippen LogP contribution is 2.31. The third-order valence-corrected chi connectivity index (χ3v) is 3.17. The van der Waals surface area contributed by atoms with Crippen molar-refractivity contribution in [3.05, 3.63) is 29.3 Å². The first-order valence-electron chi connectivity index (χ1n) is 5.63. The first kappa shape index (κ1) is 13.3. The van der Waals surface area contributed by atoms with Crippen molar-refractivity contribution in [3.8, 4) is 0 Å². The average Bonchev–Trinajstić information content (AvgIpc) is 2.12. The zero-order chi connectivity index (χ0) is 12.3. The first-order valence-corrected chi connectivity index (χ1v) is 8.04. The zero-order valence-corrected chi connectivity index (χ0v) is 11.9. The molecule has 0 bridgehead atoms. The van der Waals surface area contributed by atoms with Crippen LogP contribution < -0.4 is 5.73 Å². The predicted octanol–water partition coefficient (Wildman–Crippen LogP) is 3.33. The van der Waals surface area contributed by atoms with Crippen LogP contribution in [0, 0.1) is 0 Å². The lowest BCUT2D eigenvalue weighted by Gasteiger charge is -2.25. The standard InChI is InChI=1S/C13H22NOSi/c1-13(2,3)12-10(9-15-16(4)5)7-6-8-11(12)14/h6-8H,9,14H2,1-5H3. The molecule has 0 saturated heterocycles. The highest BCUT2D eigenvalue weighted by Gasteiger charge is 2.20. The molecule has 0 saturated carbocycles. The molecular weight excluding hydrogens is 214 g/mol. The minimum Gasteiger partial charge on any atom is -0.413 e. The number of nitrogens with two attached hydrogens (primary N) is 1. The van der Waals surface area contributed by atoms with Crippen LogP contribution in [-0.2, 0) is 16.4 Å². The van der Waals surface area contributed by atoms with Gasteiger partial charge in [0.15, 0.2) is 0 Å². The summed E-state index contributed by atoms with van der Waals surface area (Å²) in [5.74, 6) is 0. The predicted molar refractivity (Wildman–Crippen MR) is 71.8 cm³/mol. The third-order valence-electron chi connectivity index (χ3n) is 2.45. The summed E-state index contributed by atoms with van der Waals surface area (Å²) in [5, 5.41) is 0. The van der Waals surface area contributed by atoms with Crippen molar-refractivity contribution in [2.45, 2.75) is 45.9 Å². The number of benzene rings is 1. The smallest absolute Gasteiger partial charge is 0.205 e. The molecule has 89 valence electrons.